The summed E-state index contributed by atoms with van der Waals surface area (Å²) in [7, 11) is 0. The molecule has 146 valence electrons. The first-order valence-corrected chi connectivity index (χ1v) is 10.6. The number of nitrogens with zero attached hydrogens (tertiary/aromatic N) is 2. The Hall–Kier alpha value is -1.92. The van der Waals surface area contributed by atoms with Crippen LogP contribution in [-0.2, 0) is 17.8 Å². The van der Waals surface area contributed by atoms with Crippen LogP contribution in [0.3, 0.4) is 0 Å². The van der Waals surface area contributed by atoms with Crippen molar-refractivity contribution in [2.75, 3.05) is 26.2 Å². The number of carbonyl (C=O) groups excluding carboxylic acids is 1. The smallest absolute Gasteiger partial charge is 0.260 e. The molecule has 0 saturated carbocycles. The summed E-state index contributed by atoms with van der Waals surface area (Å²) in [6.45, 7) is 7.77. The Bertz CT molecular complexity index is 739. The van der Waals surface area contributed by atoms with Gasteiger partial charge in [0, 0.05) is 49.5 Å². The molecule has 1 aliphatic rings. The van der Waals surface area contributed by atoms with E-state index in [2.05, 4.69) is 29.5 Å². The number of aromatic nitrogens is 1. The maximum absolute atomic E-state index is 12.2. The van der Waals surface area contributed by atoms with Crippen LogP contribution in [0.1, 0.15) is 48.9 Å². The van der Waals surface area contributed by atoms with Gasteiger partial charge < -0.3 is 15.0 Å². The van der Waals surface area contributed by atoms with Crippen molar-refractivity contribution in [3.63, 3.8) is 0 Å². The maximum Gasteiger partial charge on any atom is 0.260 e. The molecule has 27 heavy (non-hydrogen) atoms. The molecule has 0 spiro atoms. The van der Waals surface area contributed by atoms with Gasteiger partial charge in [-0.05, 0) is 18.9 Å². The molecule has 1 saturated heterocycles. The Morgan fingerprint density at radius 2 is 2.07 bits per heavy atom. The van der Waals surface area contributed by atoms with E-state index in [4.69, 9.17) is 4.74 Å². The molecule has 2 heterocycles. The Labute approximate surface area is 165 Å². The highest BCUT2D eigenvalue weighted by atomic mass is 32.1. The number of thiazole rings is 1. The highest BCUT2D eigenvalue weighted by Crippen LogP contribution is 2.20. The number of para-hydroxylation sites is 1. The Balaban J connectivity index is 1.44. The van der Waals surface area contributed by atoms with Gasteiger partial charge in [0.15, 0.2) is 6.61 Å². The van der Waals surface area contributed by atoms with Crippen molar-refractivity contribution in [2.24, 2.45) is 0 Å². The summed E-state index contributed by atoms with van der Waals surface area (Å²) in [5.41, 5.74) is 2.23. The van der Waals surface area contributed by atoms with E-state index in [-0.39, 0.29) is 12.5 Å². The number of likely N-dealkylation sites (tertiary alicyclic amines) is 1. The zero-order valence-corrected chi connectivity index (χ0v) is 17.1. The summed E-state index contributed by atoms with van der Waals surface area (Å²) in [5.74, 6) is 1.36. The van der Waals surface area contributed by atoms with Crippen LogP contribution >= 0.6 is 11.3 Å². The summed E-state index contributed by atoms with van der Waals surface area (Å²) >= 11 is 1.74. The van der Waals surface area contributed by atoms with Crippen molar-refractivity contribution in [2.45, 2.75) is 45.6 Å². The highest BCUT2D eigenvalue weighted by molar-refractivity contribution is 7.09. The Kier molecular flexibility index (Phi) is 7.24. The predicted molar refractivity (Wildman–Crippen MR) is 109 cm³/mol. The summed E-state index contributed by atoms with van der Waals surface area (Å²) in [6.07, 6.45) is 3.12. The van der Waals surface area contributed by atoms with Crippen LogP contribution < -0.4 is 10.1 Å². The van der Waals surface area contributed by atoms with E-state index in [1.807, 2.05) is 29.2 Å². The minimum absolute atomic E-state index is 0.0831. The predicted octanol–water partition coefficient (Wildman–Crippen LogP) is 3.60. The minimum Gasteiger partial charge on any atom is -0.483 e. The van der Waals surface area contributed by atoms with E-state index in [9.17, 15) is 4.79 Å². The molecule has 5 nitrogen and oxygen atoms in total. The molecular formula is C21H29N3O2S. The summed E-state index contributed by atoms with van der Waals surface area (Å²) < 4.78 is 5.81. The number of carbonyl (C=O) groups is 1. The Morgan fingerprint density at radius 1 is 1.30 bits per heavy atom. The third-order valence-electron chi connectivity index (χ3n) is 4.72. The molecule has 2 aromatic rings. The lowest BCUT2D eigenvalue weighted by molar-refractivity contribution is -0.132. The number of rotatable bonds is 9. The molecule has 1 aromatic carbocycles. The monoisotopic (exact) mass is 387 g/mol. The number of benzene rings is 1. The second kappa shape index (κ2) is 9.85. The van der Waals surface area contributed by atoms with Gasteiger partial charge in [0.1, 0.15) is 5.75 Å². The normalized spacial score (nSPS) is 14.1. The van der Waals surface area contributed by atoms with Gasteiger partial charge >= 0.3 is 0 Å². The largest absolute Gasteiger partial charge is 0.483 e. The average molecular weight is 388 g/mol. The molecule has 3 rings (SSSR count). The topological polar surface area (TPSA) is 54.5 Å². The maximum atomic E-state index is 12.2. The van der Waals surface area contributed by atoms with Gasteiger partial charge in [-0.1, -0.05) is 32.0 Å². The lowest BCUT2D eigenvalue weighted by atomic mass is 10.2. The van der Waals surface area contributed by atoms with E-state index in [1.165, 1.54) is 5.01 Å². The third-order valence-corrected chi connectivity index (χ3v) is 5.91. The number of nitrogens with one attached hydrogen (secondary N) is 1. The second-order valence-corrected chi connectivity index (χ2v) is 8.13. The van der Waals surface area contributed by atoms with E-state index in [0.717, 1.165) is 62.4 Å². The van der Waals surface area contributed by atoms with Gasteiger partial charge in [-0.25, -0.2) is 4.98 Å². The minimum atomic E-state index is 0.0831. The average Bonchev–Trinajstić information content (AvgIpc) is 3.36. The number of amides is 1. The van der Waals surface area contributed by atoms with E-state index in [0.29, 0.717) is 5.92 Å². The van der Waals surface area contributed by atoms with Crippen molar-refractivity contribution in [3.05, 3.63) is 45.9 Å². The second-order valence-electron chi connectivity index (χ2n) is 7.24. The number of hydrogen-bond donors (Lipinski definition) is 1. The van der Waals surface area contributed by atoms with Gasteiger partial charge in [-0.15, -0.1) is 11.3 Å². The van der Waals surface area contributed by atoms with Crippen LogP contribution in [0.25, 0.3) is 0 Å². The number of ether oxygens (including phenoxy) is 1. The fourth-order valence-electron chi connectivity index (χ4n) is 3.13. The zero-order chi connectivity index (χ0) is 19.1. The third kappa shape index (κ3) is 5.78. The summed E-state index contributed by atoms with van der Waals surface area (Å²) in [4.78, 5) is 18.7. The van der Waals surface area contributed by atoms with Gasteiger partial charge in [0.05, 0.1) is 10.7 Å². The van der Waals surface area contributed by atoms with E-state index >= 15 is 0 Å². The molecule has 1 amide bonds. The highest BCUT2D eigenvalue weighted by Gasteiger charge is 2.18. The first-order valence-electron chi connectivity index (χ1n) is 9.77. The van der Waals surface area contributed by atoms with Crippen LogP contribution in [-0.4, -0.2) is 42.0 Å². The summed E-state index contributed by atoms with van der Waals surface area (Å²) in [6, 6.07) is 7.93. The van der Waals surface area contributed by atoms with Crippen molar-refractivity contribution < 1.29 is 9.53 Å². The van der Waals surface area contributed by atoms with Crippen LogP contribution in [0.15, 0.2) is 29.6 Å². The van der Waals surface area contributed by atoms with E-state index in [1.54, 1.807) is 11.3 Å². The standard InChI is InChI=1S/C21H29N3O2S/c1-16(2)21-23-18(15-27-21)9-10-22-13-17-7-3-4-8-19(17)26-14-20(25)24-11-5-6-12-24/h3-4,7-8,15-16,22H,5-6,9-14H2,1-2H3. The zero-order valence-electron chi connectivity index (χ0n) is 16.2. The first-order chi connectivity index (χ1) is 13.1. The van der Waals surface area contributed by atoms with Crippen LogP contribution in [0.5, 0.6) is 5.75 Å². The molecule has 0 unspecified atom stereocenters. The van der Waals surface area contributed by atoms with Crippen LogP contribution in [0, 0.1) is 0 Å². The van der Waals surface area contributed by atoms with Crippen LogP contribution in [0.2, 0.25) is 0 Å². The molecule has 6 heteroatoms. The van der Waals surface area contributed by atoms with Gasteiger partial charge in [0.25, 0.3) is 5.91 Å². The molecule has 0 atom stereocenters. The van der Waals surface area contributed by atoms with Crippen molar-refractivity contribution >= 4 is 17.2 Å². The Morgan fingerprint density at radius 3 is 2.81 bits per heavy atom. The SMILES string of the molecule is CC(C)c1nc(CCNCc2ccccc2OCC(=O)N2CCCC2)cs1. The number of hydrogen-bond acceptors (Lipinski definition) is 5. The molecule has 1 aromatic heterocycles. The molecule has 0 aliphatic carbocycles. The molecule has 1 N–H and O–H groups in total. The van der Waals surface area contributed by atoms with Gasteiger partial charge in [0.2, 0.25) is 0 Å². The fraction of sp³-hybridized carbons (Fsp3) is 0.524. The molecule has 1 fully saturated rings. The quantitative estimate of drug-likeness (QED) is 0.668. The lowest BCUT2D eigenvalue weighted by Gasteiger charge is -2.17. The molecule has 0 bridgehead atoms. The first kappa shape index (κ1) is 19.8. The van der Waals surface area contributed by atoms with Crippen LogP contribution in [0.4, 0.5) is 0 Å². The lowest BCUT2D eigenvalue weighted by Crippen LogP contribution is -2.32. The van der Waals surface area contributed by atoms with E-state index < -0.39 is 0 Å². The van der Waals surface area contributed by atoms with Gasteiger partial charge in [-0.2, -0.15) is 0 Å². The molecular weight excluding hydrogens is 358 g/mol. The van der Waals surface area contributed by atoms with Crippen molar-refractivity contribution in [1.82, 2.24) is 15.2 Å². The molecule has 1 aliphatic heterocycles. The van der Waals surface area contributed by atoms with Crippen molar-refractivity contribution in [1.29, 1.82) is 0 Å². The fourth-order valence-corrected chi connectivity index (χ4v) is 4.00. The summed E-state index contributed by atoms with van der Waals surface area (Å²) in [5, 5.41) is 6.81. The van der Waals surface area contributed by atoms with Gasteiger partial charge in [-0.3, -0.25) is 4.79 Å². The van der Waals surface area contributed by atoms with Crippen molar-refractivity contribution in [3.8, 4) is 5.75 Å². The molecule has 0 radical (unpaired) electrons.